The first-order valence-electron chi connectivity index (χ1n) is 5.92. The fourth-order valence-corrected chi connectivity index (χ4v) is 1.76. The van der Waals surface area contributed by atoms with Crippen LogP contribution in [0.2, 0.25) is 0 Å². The number of aromatic hydroxyl groups is 3. The lowest BCUT2D eigenvalue weighted by Gasteiger charge is -2.04. The summed E-state index contributed by atoms with van der Waals surface area (Å²) in [5, 5.41) is 30.7. The standard InChI is InChI=1S/C15H11NO5/c17-10-4-1-9(2-5-10)3-6-13(19)15-12(16-21)7-11(18)8-14(15)20/h1-8,17-18,20H/b6-3+. The van der Waals surface area contributed by atoms with E-state index in [1.165, 1.54) is 18.2 Å². The van der Waals surface area contributed by atoms with Crippen LogP contribution in [0.25, 0.3) is 6.08 Å². The highest BCUT2D eigenvalue weighted by atomic mass is 16.3. The largest absolute Gasteiger partial charge is 0.508 e. The van der Waals surface area contributed by atoms with Crippen LogP contribution in [-0.2, 0) is 0 Å². The summed E-state index contributed by atoms with van der Waals surface area (Å²) in [6.45, 7) is 0. The number of nitroso groups, excluding NO2 is 1. The van der Waals surface area contributed by atoms with Crippen molar-refractivity contribution in [3.63, 3.8) is 0 Å². The molecule has 0 atom stereocenters. The fourth-order valence-electron chi connectivity index (χ4n) is 1.76. The molecule has 0 aromatic heterocycles. The van der Waals surface area contributed by atoms with Crippen LogP contribution in [0.15, 0.2) is 47.7 Å². The minimum Gasteiger partial charge on any atom is -0.508 e. The number of carbonyl (C=O) groups excluding carboxylic acids is 1. The monoisotopic (exact) mass is 285 g/mol. The Balaban J connectivity index is 2.32. The molecule has 0 saturated heterocycles. The lowest BCUT2D eigenvalue weighted by molar-refractivity contribution is 0.104. The van der Waals surface area contributed by atoms with Crippen molar-refractivity contribution in [2.24, 2.45) is 5.18 Å². The van der Waals surface area contributed by atoms with Crippen molar-refractivity contribution < 1.29 is 20.1 Å². The lowest BCUT2D eigenvalue weighted by Crippen LogP contribution is -1.95. The highest BCUT2D eigenvalue weighted by molar-refractivity contribution is 6.12. The summed E-state index contributed by atoms with van der Waals surface area (Å²) < 4.78 is 0. The van der Waals surface area contributed by atoms with Gasteiger partial charge >= 0.3 is 0 Å². The Hall–Kier alpha value is -3.15. The quantitative estimate of drug-likeness (QED) is 0.454. The summed E-state index contributed by atoms with van der Waals surface area (Å²) in [5.41, 5.74) is 0.0331. The number of phenols is 3. The number of rotatable bonds is 4. The van der Waals surface area contributed by atoms with E-state index < -0.39 is 11.5 Å². The number of allylic oxidation sites excluding steroid dienone is 1. The van der Waals surface area contributed by atoms with E-state index in [0.29, 0.717) is 5.56 Å². The first-order valence-corrected chi connectivity index (χ1v) is 5.92. The van der Waals surface area contributed by atoms with Gasteiger partial charge < -0.3 is 15.3 Å². The summed E-state index contributed by atoms with van der Waals surface area (Å²) in [5.74, 6) is -1.41. The molecular formula is C15H11NO5. The summed E-state index contributed by atoms with van der Waals surface area (Å²) in [6.07, 6.45) is 2.62. The number of hydrogen-bond acceptors (Lipinski definition) is 6. The minimum atomic E-state index is -0.629. The van der Waals surface area contributed by atoms with E-state index in [1.807, 2.05) is 0 Å². The molecule has 0 spiro atoms. The molecule has 21 heavy (non-hydrogen) atoms. The Morgan fingerprint density at radius 2 is 1.67 bits per heavy atom. The number of hydrogen-bond donors (Lipinski definition) is 3. The van der Waals surface area contributed by atoms with Gasteiger partial charge in [0.25, 0.3) is 0 Å². The van der Waals surface area contributed by atoms with Gasteiger partial charge in [-0.1, -0.05) is 18.2 Å². The molecule has 2 rings (SSSR count). The van der Waals surface area contributed by atoms with Crippen LogP contribution in [0.1, 0.15) is 15.9 Å². The zero-order chi connectivity index (χ0) is 15.4. The molecule has 2 aromatic carbocycles. The Bertz CT molecular complexity index is 720. The SMILES string of the molecule is O=Nc1cc(O)cc(O)c1C(=O)/C=C/c1ccc(O)cc1. The van der Waals surface area contributed by atoms with Gasteiger partial charge in [0.15, 0.2) is 5.78 Å². The van der Waals surface area contributed by atoms with Crippen LogP contribution >= 0.6 is 0 Å². The first kappa shape index (κ1) is 14.3. The summed E-state index contributed by atoms with van der Waals surface area (Å²) in [7, 11) is 0. The summed E-state index contributed by atoms with van der Waals surface area (Å²) in [6, 6.07) is 8.05. The van der Waals surface area contributed by atoms with Crippen LogP contribution in [0.3, 0.4) is 0 Å². The van der Waals surface area contributed by atoms with Gasteiger partial charge in [0.1, 0.15) is 22.9 Å². The van der Waals surface area contributed by atoms with Crippen molar-refractivity contribution in [3.05, 3.63) is 58.5 Å². The van der Waals surface area contributed by atoms with E-state index in [0.717, 1.165) is 18.2 Å². The third kappa shape index (κ3) is 3.24. The van der Waals surface area contributed by atoms with Crippen molar-refractivity contribution >= 4 is 17.5 Å². The molecule has 6 heteroatoms. The van der Waals surface area contributed by atoms with E-state index in [4.69, 9.17) is 5.11 Å². The van der Waals surface area contributed by atoms with Gasteiger partial charge in [-0.15, -0.1) is 4.91 Å². The molecule has 0 unspecified atom stereocenters. The predicted molar refractivity (Wildman–Crippen MR) is 76.7 cm³/mol. The molecule has 0 bridgehead atoms. The molecule has 3 N–H and O–H groups in total. The van der Waals surface area contributed by atoms with Gasteiger partial charge in [-0.3, -0.25) is 4.79 Å². The number of ketones is 1. The third-order valence-electron chi connectivity index (χ3n) is 2.75. The second-order valence-electron chi connectivity index (χ2n) is 4.24. The van der Waals surface area contributed by atoms with Gasteiger partial charge in [0, 0.05) is 12.1 Å². The molecule has 0 fully saturated rings. The third-order valence-corrected chi connectivity index (χ3v) is 2.75. The molecule has 2 aromatic rings. The van der Waals surface area contributed by atoms with Gasteiger partial charge in [0.05, 0.1) is 5.56 Å². The van der Waals surface area contributed by atoms with Crippen molar-refractivity contribution in [2.45, 2.75) is 0 Å². The lowest BCUT2D eigenvalue weighted by atomic mass is 10.1. The van der Waals surface area contributed by atoms with Gasteiger partial charge in [-0.2, -0.15) is 0 Å². The molecule has 6 nitrogen and oxygen atoms in total. The average Bonchev–Trinajstić information content (AvgIpc) is 2.45. The topological polar surface area (TPSA) is 107 Å². The summed E-state index contributed by atoms with van der Waals surface area (Å²) in [4.78, 5) is 22.7. The molecular weight excluding hydrogens is 274 g/mol. The molecule has 106 valence electrons. The average molecular weight is 285 g/mol. The van der Waals surface area contributed by atoms with Crippen molar-refractivity contribution in [3.8, 4) is 17.2 Å². The van der Waals surface area contributed by atoms with Gasteiger partial charge in [-0.25, -0.2) is 0 Å². The maximum absolute atomic E-state index is 12.0. The molecule has 0 aliphatic heterocycles. The normalized spacial score (nSPS) is 10.7. The molecule has 0 amide bonds. The Labute approximate surface area is 119 Å². The van der Waals surface area contributed by atoms with Crippen LogP contribution in [0, 0.1) is 4.91 Å². The molecule has 0 heterocycles. The van der Waals surface area contributed by atoms with Crippen molar-refractivity contribution in [1.82, 2.24) is 0 Å². The Kier molecular flexibility index (Phi) is 3.99. The molecule has 0 radical (unpaired) electrons. The van der Waals surface area contributed by atoms with E-state index in [2.05, 4.69) is 5.18 Å². The first-order chi connectivity index (χ1) is 10.0. The van der Waals surface area contributed by atoms with Crippen LogP contribution < -0.4 is 0 Å². The zero-order valence-electron chi connectivity index (χ0n) is 10.7. The van der Waals surface area contributed by atoms with Crippen molar-refractivity contribution in [2.75, 3.05) is 0 Å². The van der Waals surface area contributed by atoms with Crippen LogP contribution in [0.5, 0.6) is 17.2 Å². The number of carbonyl (C=O) groups is 1. The maximum Gasteiger partial charge on any atom is 0.191 e. The number of benzene rings is 2. The summed E-state index contributed by atoms with van der Waals surface area (Å²) >= 11 is 0. The maximum atomic E-state index is 12.0. The predicted octanol–water partition coefficient (Wildman–Crippen LogP) is 3.10. The second-order valence-corrected chi connectivity index (χ2v) is 4.24. The van der Waals surface area contributed by atoms with Crippen molar-refractivity contribution in [1.29, 1.82) is 0 Å². The number of phenolic OH excluding ortho intramolecular Hbond substituents is 3. The van der Waals surface area contributed by atoms with Gasteiger partial charge in [-0.05, 0) is 28.9 Å². The Morgan fingerprint density at radius 1 is 1.00 bits per heavy atom. The highest BCUT2D eigenvalue weighted by Crippen LogP contribution is 2.33. The molecule has 0 aliphatic carbocycles. The second kappa shape index (κ2) is 5.87. The van der Waals surface area contributed by atoms with E-state index in [9.17, 15) is 19.9 Å². The number of nitrogens with zero attached hydrogens (tertiary/aromatic N) is 1. The van der Waals surface area contributed by atoms with Crippen LogP contribution in [-0.4, -0.2) is 21.1 Å². The minimum absolute atomic E-state index is 0.0992. The fraction of sp³-hybridized carbons (Fsp3) is 0. The smallest absolute Gasteiger partial charge is 0.191 e. The van der Waals surface area contributed by atoms with Crippen LogP contribution in [0.4, 0.5) is 5.69 Å². The van der Waals surface area contributed by atoms with E-state index in [-0.39, 0.29) is 22.7 Å². The molecule has 0 aliphatic rings. The van der Waals surface area contributed by atoms with Gasteiger partial charge in [0.2, 0.25) is 0 Å². The zero-order valence-corrected chi connectivity index (χ0v) is 10.7. The van der Waals surface area contributed by atoms with E-state index >= 15 is 0 Å². The highest BCUT2D eigenvalue weighted by Gasteiger charge is 2.16. The van der Waals surface area contributed by atoms with E-state index in [1.54, 1.807) is 12.1 Å². The molecule has 0 saturated carbocycles. The Morgan fingerprint density at radius 3 is 2.29 bits per heavy atom.